The predicted octanol–water partition coefficient (Wildman–Crippen LogP) is 1.55. The van der Waals surface area contributed by atoms with E-state index in [4.69, 9.17) is 4.74 Å². The molecule has 1 fully saturated rings. The molecule has 1 amide bonds. The summed E-state index contributed by atoms with van der Waals surface area (Å²) in [5.41, 5.74) is -0.567. The molecule has 7 nitrogen and oxygen atoms in total. The summed E-state index contributed by atoms with van der Waals surface area (Å²) in [7, 11) is 0. The second kappa shape index (κ2) is 11.4. The first-order chi connectivity index (χ1) is 13.1. The van der Waals surface area contributed by atoms with Crippen molar-refractivity contribution in [1.29, 1.82) is 0 Å². The van der Waals surface area contributed by atoms with E-state index in [0.717, 1.165) is 19.3 Å². The topological polar surface area (TPSA) is 116 Å². The number of Topliss-reactive ketones (excluding diaryl/α,β-unsaturated/α-hetero) is 2. The standard InChI is InChI=1S/C21H35NO6/c1-14(2)7-5-6-8-17(25)10-16(11-23)20(27)22-18(9-15(3)4)19(26)21(12-24)13-28-21/h14,16,18,23-24H,3,5-13H2,1-2,4H3,(H,22,27)/t16?,18-,21+/m0/s1. The van der Waals surface area contributed by atoms with E-state index in [2.05, 4.69) is 25.7 Å². The molecule has 160 valence electrons. The van der Waals surface area contributed by atoms with Crippen LogP contribution in [-0.2, 0) is 19.1 Å². The van der Waals surface area contributed by atoms with Crippen molar-refractivity contribution in [2.75, 3.05) is 19.8 Å². The maximum Gasteiger partial charge on any atom is 0.226 e. The Labute approximate surface area is 167 Å². The number of ether oxygens (including phenoxy) is 1. The number of amides is 1. The Hall–Kier alpha value is -1.57. The fraction of sp³-hybridized carbons (Fsp3) is 0.762. The van der Waals surface area contributed by atoms with Crippen molar-refractivity contribution in [3.63, 3.8) is 0 Å². The van der Waals surface area contributed by atoms with E-state index in [-0.39, 0.29) is 25.2 Å². The van der Waals surface area contributed by atoms with Crippen LogP contribution in [0.5, 0.6) is 0 Å². The quantitative estimate of drug-likeness (QED) is 0.219. The van der Waals surface area contributed by atoms with Gasteiger partial charge in [0.05, 0.1) is 31.8 Å². The van der Waals surface area contributed by atoms with Crippen LogP contribution in [0, 0.1) is 11.8 Å². The highest BCUT2D eigenvalue weighted by atomic mass is 16.6. The van der Waals surface area contributed by atoms with Gasteiger partial charge in [0.2, 0.25) is 5.91 Å². The van der Waals surface area contributed by atoms with E-state index in [1.165, 1.54) is 0 Å². The van der Waals surface area contributed by atoms with Crippen molar-refractivity contribution < 1.29 is 29.3 Å². The molecule has 0 aromatic carbocycles. The molecule has 7 heteroatoms. The van der Waals surface area contributed by atoms with Crippen LogP contribution in [0.25, 0.3) is 0 Å². The van der Waals surface area contributed by atoms with Crippen LogP contribution in [0.3, 0.4) is 0 Å². The number of hydrogen-bond donors (Lipinski definition) is 3. The number of hydrogen-bond acceptors (Lipinski definition) is 6. The van der Waals surface area contributed by atoms with Crippen LogP contribution in [0.2, 0.25) is 0 Å². The first-order valence-electron chi connectivity index (χ1n) is 10.0. The summed E-state index contributed by atoms with van der Waals surface area (Å²) in [5, 5.41) is 21.6. The Morgan fingerprint density at radius 3 is 2.29 bits per heavy atom. The van der Waals surface area contributed by atoms with Gasteiger partial charge in [-0.1, -0.05) is 32.3 Å². The Kier molecular flexibility index (Phi) is 9.99. The summed E-state index contributed by atoms with van der Waals surface area (Å²) < 4.78 is 5.09. The van der Waals surface area contributed by atoms with Crippen molar-refractivity contribution in [3.05, 3.63) is 12.2 Å². The molecule has 1 aliphatic rings. The van der Waals surface area contributed by atoms with Gasteiger partial charge in [-0.25, -0.2) is 0 Å². The van der Waals surface area contributed by atoms with E-state index in [1.54, 1.807) is 6.92 Å². The highest BCUT2D eigenvalue weighted by Crippen LogP contribution is 2.30. The molecule has 0 spiro atoms. The van der Waals surface area contributed by atoms with Gasteiger partial charge >= 0.3 is 0 Å². The SMILES string of the molecule is C=C(C)C[C@H](NC(=O)C(CO)CC(=O)CCCCC(C)C)C(=O)[C@@]1(CO)CO1. The van der Waals surface area contributed by atoms with Crippen molar-refractivity contribution in [2.24, 2.45) is 11.8 Å². The molecular formula is C21H35NO6. The lowest BCUT2D eigenvalue weighted by atomic mass is 9.93. The molecule has 28 heavy (non-hydrogen) atoms. The molecule has 1 aliphatic heterocycles. The summed E-state index contributed by atoms with van der Waals surface area (Å²) in [6, 6.07) is -0.908. The number of aliphatic hydroxyl groups is 2. The fourth-order valence-corrected chi connectivity index (χ4v) is 3.06. The second-order valence-corrected chi connectivity index (χ2v) is 8.29. The van der Waals surface area contributed by atoms with Crippen LogP contribution in [-0.4, -0.2) is 59.2 Å². The minimum atomic E-state index is -1.26. The van der Waals surface area contributed by atoms with Crippen LogP contribution in [0.4, 0.5) is 0 Å². The minimum absolute atomic E-state index is 0.0559. The van der Waals surface area contributed by atoms with Gasteiger partial charge in [0.1, 0.15) is 5.78 Å². The molecule has 0 saturated carbocycles. The fourth-order valence-electron chi connectivity index (χ4n) is 3.06. The predicted molar refractivity (Wildman–Crippen MR) is 106 cm³/mol. The van der Waals surface area contributed by atoms with E-state index >= 15 is 0 Å². The zero-order valence-electron chi connectivity index (χ0n) is 17.3. The monoisotopic (exact) mass is 397 g/mol. The molecule has 1 unspecified atom stereocenters. The highest BCUT2D eigenvalue weighted by Gasteiger charge is 2.54. The number of unbranched alkanes of at least 4 members (excludes halogenated alkanes) is 1. The van der Waals surface area contributed by atoms with Gasteiger partial charge in [-0.2, -0.15) is 0 Å². The lowest BCUT2D eigenvalue weighted by molar-refractivity contribution is -0.135. The number of nitrogens with one attached hydrogen (secondary N) is 1. The van der Waals surface area contributed by atoms with Gasteiger partial charge in [0, 0.05) is 12.8 Å². The maximum atomic E-state index is 12.6. The van der Waals surface area contributed by atoms with Crippen LogP contribution in [0.1, 0.15) is 59.3 Å². The molecule has 0 aliphatic carbocycles. The lowest BCUT2D eigenvalue weighted by Gasteiger charge is -2.23. The molecule has 0 radical (unpaired) electrons. The third kappa shape index (κ3) is 7.81. The number of rotatable bonds is 15. The van der Waals surface area contributed by atoms with Crippen molar-refractivity contribution >= 4 is 17.5 Å². The maximum absolute atomic E-state index is 12.6. The van der Waals surface area contributed by atoms with E-state index in [1.807, 2.05) is 0 Å². The molecule has 1 saturated heterocycles. The summed E-state index contributed by atoms with van der Waals surface area (Å²) in [6.07, 6.45) is 3.31. The van der Waals surface area contributed by atoms with Crippen LogP contribution < -0.4 is 5.32 Å². The largest absolute Gasteiger partial charge is 0.396 e. The summed E-state index contributed by atoms with van der Waals surface area (Å²) in [4.78, 5) is 37.3. The zero-order chi connectivity index (χ0) is 21.3. The summed E-state index contributed by atoms with van der Waals surface area (Å²) in [6.45, 7) is 8.95. The molecule has 0 bridgehead atoms. The molecular weight excluding hydrogens is 362 g/mol. The van der Waals surface area contributed by atoms with Crippen molar-refractivity contribution in [1.82, 2.24) is 5.32 Å². The zero-order valence-corrected chi connectivity index (χ0v) is 17.3. The number of aliphatic hydroxyl groups excluding tert-OH is 2. The lowest BCUT2D eigenvalue weighted by Crippen LogP contribution is -2.50. The number of carbonyl (C=O) groups excluding carboxylic acids is 3. The van der Waals surface area contributed by atoms with Crippen molar-refractivity contribution in [2.45, 2.75) is 70.9 Å². The van der Waals surface area contributed by atoms with Gasteiger partial charge in [-0.05, 0) is 25.7 Å². The number of carbonyl (C=O) groups is 3. The molecule has 3 N–H and O–H groups in total. The molecule has 1 rings (SSSR count). The van der Waals surface area contributed by atoms with Gasteiger partial charge < -0.3 is 20.3 Å². The van der Waals surface area contributed by atoms with Gasteiger partial charge in [-0.15, -0.1) is 6.58 Å². The van der Waals surface area contributed by atoms with Crippen molar-refractivity contribution in [3.8, 4) is 0 Å². The molecule has 0 aromatic heterocycles. The third-order valence-corrected chi connectivity index (χ3v) is 4.94. The third-order valence-electron chi connectivity index (χ3n) is 4.94. The first kappa shape index (κ1) is 24.5. The van der Waals surface area contributed by atoms with E-state index in [9.17, 15) is 24.6 Å². The Balaban J connectivity index is 2.61. The normalized spacial score (nSPS) is 20.5. The molecule has 1 heterocycles. The summed E-state index contributed by atoms with van der Waals surface area (Å²) >= 11 is 0. The minimum Gasteiger partial charge on any atom is -0.396 e. The van der Waals surface area contributed by atoms with Crippen LogP contribution >= 0.6 is 0 Å². The number of ketones is 2. The van der Waals surface area contributed by atoms with E-state index in [0.29, 0.717) is 17.9 Å². The second-order valence-electron chi connectivity index (χ2n) is 8.29. The van der Waals surface area contributed by atoms with Crippen LogP contribution in [0.15, 0.2) is 12.2 Å². The Morgan fingerprint density at radius 1 is 1.18 bits per heavy atom. The molecule has 0 aromatic rings. The van der Waals surface area contributed by atoms with Gasteiger partial charge in [0.25, 0.3) is 0 Å². The Morgan fingerprint density at radius 2 is 1.82 bits per heavy atom. The summed E-state index contributed by atoms with van der Waals surface area (Å²) in [5.74, 6) is -1.35. The van der Waals surface area contributed by atoms with Gasteiger partial charge in [0.15, 0.2) is 11.4 Å². The average Bonchev–Trinajstić information content (AvgIpc) is 3.42. The molecule has 3 atom stereocenters. The smallest absolute Gasteiger partial charge is 0.226 e. The average molecular weight is 398 g/mol. The highest BCUT2D eigenvalue weighted by molar-refractivity contribution is 5.98. The Bertz CT molecular complexity index is 567. The first-order valence-corrected chi connectivity index (χ1v) is 10.0. The number of epoxide rings is 1. The van der Waals surface area contributed by atoms with E-state index < -0.39 is 42.5 Å². The van der Waals surface area contributed by atoms with Gasteiger partial charge in [-0.3, -0.25) is 14.4 Å².